The minimum absolute atomic E-state index is 0.120. The molecule has 0 aliphatic rings. The van der Waals surface area contributed by atoms with Crippen molar-refractivity contribution in [3.8, 4) is 17.6 Å². The topological polar surface area (TPSA) is 79.3 Å². The van der Waals surface area contributed by atoms with Crippen LogP contribution in [-0.2, 0) is 0 Å². The number of nitriles is 1. The summed E-state index contributed by atoms with van der Waals surface area (Å²) < 4.78 is 5.04. The van der Waals surface area contributed by atoms with Gasteiger partial charge < -0.3 is 15.6 Å². The SMILES string of the molecule is COc1cc(O)ccc1C(N)CC#N. The van der Waals surface area contributed by atoms with Crippen molar-refractivity contribution in [2.45, 2.75) is 12.5 Å². The summed E-state index contributed by atoms with van der Waals surface area (Å²) in [5, 5.41) is 17.7. The van der Waals surface area contributed by atoms with Crippen LogP contribution < -0.4 is 10.5 Å². The van der Waals surface area contributed by atoms with Crippen LogP contribution in [0, 0.1) is 11.3 Å². The molecule has 4 nitrogen and oxygen atoms in total. The number of phenolic OH excluding ortho intramolecular Hbond substituents is 1. The van der Waals surface area contributed by atoms with Gasteiger partial charge in [-0.25, -0.2) is 0 Å². The maximum absolute atomic E-state index is 9.19. The first kappa shape index (κ1) is 10.4. The molecule has 1 rings (SSSR count). The van der Waals surface area contributed by atoms with E-state index in [4.69, 9.17) is 15.7 Å². The first-order chi connectivity index (χ1) is 6.69. The molecule has 74 valence electrons. The second kappa shape index (κ2) is 4.49. The van der Waals surface area contributed by atoms with Gasteiger partial charge in [-0.05, 0) is 6.07 Å². The molecular weight excluding hydrogens is 180 g/mol. The van der Waals surface area contributed by atoms with E-state index in [0.29, 0.717) is 5.75 Å². The van der Waals surface area contributed by atoms with Gasteiger partial charge >= 0.3 is 0 Å². The summed E-state index contributed by atoms with van der Waals surface area (Å²) in [7, 11) is 1.50. The summed E-state index contributed by atoms with van der Waals surface area (Å²) in [6.07, 6.45) is 0.223. The zero-order valence-electron chi connectivity index (χ0n) is 7.90. The van der Waals surface area contributed by atoms with E-state index in [-0.39, 0.29) is 18.2 Å². The molecule has 3 N–H and O–H groups in total. The van der Waals surface area contributed by atoms with E-state index in [0.717, 1.165) is 5.56 Å². The fourth-order valence-corrected chi connectivity index (χ4v) is 1.21. The number of methoxy groups -OCH3 is 1. The Balaban J connectivity index is 3.02. The van der Waals surface area contributed by atoms with Gasteiger partial charge in [-0.1, -0.05) is 6.07 Å². The molecule has 0 amide bonds. The monoisotopic (exact) mass is 192 g/mol. The van der Waals surface area contributed by atoms with Gasteiger partial charge in [-0.15, -0.1) is 0 Å². The van der Waals surface area contributed by atoms with Crippen molar-refractivity contribution in [1.29, 1.82) is 5.26 Å². The Morgan fingerprint density at radius 2 is 2.36 bits per heavy atom. The Labute approximate surface area is 82.5 Å². The highest BCUT2D eigenvalue weighted by atomic mass is 16.5. The first-order valence-electron chi connectivity index (χ1n) is 4.18. The Morgan fingerprint density at radius 1 is 1.64 bits per heavy atom. The molecule has 1 aromatic carbocycles. The molecule has 1 aromatic rings. The number of nitrogens with two attached hydrogens (primary N) is 1. The molecule has 1 unspecified atom stereocenters. The van der Waals surface area contributed by atoms with Crippen LogP contribution in [-0.4, -0.2) is 12.2 Å². The number of benzene rings is 1. The van der Waals surface area contributed by atoms with Gasteiger partial charge in [-0.2, -0.15) is 5.26 Å². The highest BCUT2D eigenvalue weighted by molar-refractivity contribution is 5.41. The average Bonchev–Trinajstić information content (AvgIpc) is 2.17. The average molecular weight is 192 g/mol. The number of nitrogens with zero attached hydrogens (tertiary/aromatic N) is 1. The van der Waals surface area contributed by atoms with E-state index >= 15 is 0 Å². The van der Waals surface area contributed by atoms with Crippen molar-refractivity contribution in [2.75, 3.05) is 7.11 Å². The number of hydrogen-bond acceptors (Lipinski definition) is 4. The smallest absolute Gasteiger partial charge is 0.127 e. The minimum Gasteiger partial charge on any atom is -0.508 e. The van der Waals surface area contributed by atoms with Gasteiger partial charge in [-0.3, -0.25) is 0 Å². The molecule has 4 heteroatoms. The maximum Gasteiger partial charge on any atom is 0.127 e. The van der Waals surface area contributed by atoms with Gasteiger partial charge in [0.2, 0.25) is 0 Å². The van der Waals surface area contributed by atoms with Crippen molar-refractivity contribution >= 4 is 0 Å². The van der Waals surface area contributed by atoms with Crippen LogP contribution in [0.1, 0.15) is 18.0 Å². The fraction of sp³-hybridized carbons (Fsp3) is 0.300. The highest BCUT2D eigenvalue weighted by Gasteiger charge is 2.11. The van der Waals surface area contributed by atoms with Gasteiger partial charge in [0.05, 0.1) is 19.6 Å². The fourth-order valence-electron chi connectivity index (χ4n) is 1.21. The summed E-state index contributed by atoms with van der Waals surface area (Å²) in [6.45, 7) is 0. The normalized spacial score (nSPS) is 11.8. The van der Waals surface area contributed by atoms with Gasteiger partial charge in [0.25, 0.3) is 0 Å². The van der Waals surface area contributed by atoms with E-state index in [9.17, 15) is 5.11 Å². The summed E-state index contributed by atoms with van der Waals surface area (Å²) in [6, 6.07) is 6.27. The summed E-state index contributed by atoms with van der Waals surface area (Å²) in [5.41, 5.74) is 6.48. The Kier molecular flexibility index (Phi) is 3.32. The lowest BCUT2D eigenvalue weighted by Gasteiger charge is -2.12. The zero-order valence-corrected chi connectivity index (χ0v) is 7.90. The van der Waals surface area contributed by atoms with Gasteiger partial charge in [0.15, 0.2) is 0 Å². The number of aromatic hydroxyl groups is 1. The van der Waals surface area contributed by atoms with Crippen molar-refractivity contribution < 1.29 is 9.84 Å². The van der Waals surface area contributed by atoms with Crippen molar-refractivity contribution in [2.24, 2.45) is 5.73 Å². The van der Waals surface area contributed by atoms with Crippen LogP contribution in [0.5, 0.6) is 11.5 Å². The molecule has 0 fully saturated rings. The third-order valence-corrected chi connectivity index (χ3v) is 1.93. The molecule has 0 aliphatic heterocycles. The number of phenols is 1. The van der Waals surface area contributed by atoms with Crippen LogP contribution in [0.4, 0.5) is 0 Å². The predicted molar refractivity (Wildman–Crippen MR) is 51.8 cm³/mol. The van der Waals surface area contributed by atoms with Crippen LogP contribution in [0.3, 0.4) is 0 Å². The second-order valence-corrected chi connectivity index (χ2v) is 2.89. The Morgan fingerprint density at radius 3 is 2.93 bits per heavy atom. The minimum atomic E-state index is -0.379. The van der Waals surface area contributed by atoms with Crippen LogP contribution in [0.2, 0.25) is 0 Å². The molecule has 0 aromatic heterocycles. The molecule has 0 aliphatic carbocycles. The Hall–Kier alpha value is -1.73. The number of ether oxygens (including phenoxy) is 1. The summed E-state index contributed by atoms with van der Waals surface area (Å²) in [5.74, 6) is 0.627. The molecule has 0 saturated carbocycles. The molecule has 0 bridgehead atoms. The quantitative estimate of drug-likeness (QED) is 0.756. The molecule has 0 saturated heterocycles. The largest absolute Gasteiger partial charge is 0.508 e. The van der Waals surface area contributed by atoms with Crippen LogP contribution in [0.15, 0.2) is 18.2 Å². The number of rotatable bonds is 3. The van der Waals surface area contributed by atoms with Gasteiger partial charge in [0.1, 0.15) is 11.5 Å². The van der Waals surface area contributed by atoms with Crippen molar-refractivity contribution in [3.05, 3.63) is 23.8 Å². The Bertz CT molecular complexity index is 358. The van der Waals surface area contributed by atoms with E-state index in [2.05, 4.69) is 0 Å². The maximum atomic E-state index is 9.19. The van der Waals surface area contributed by atoms with E-state index in [1.54, 1.807) is 6.07 Å². The molecule has 0 radical (unpaired) electrons. The summed E-state index contributed by atoms with van der Waals surface area (Å²) in [4.78, 5) is 0. The molecular formula is C10H12N2O2. The van der Waals surface area contributed by atoms with E-state index < -0.39 is 0 Å². The lowest BCUT2D eigenvalue weighted by Crippen LogP contribution is -2.10. The van der Waals surface area contributed by atoms with Crippen molar-refractivity contribution in [1.82, 2.24) is 0 Å². The van der Waals surface area contributed by atoms with E-state index in [1.165, 1.54) is 19.2 Å². The number of hydrogen-bond donors (Lipinski definition) is 2. The summed E-state index contributed by atoms with van der Waals surface area (Å²) >= 11 is 0. The highest BCUT2D eigenvalue weighted by Crippen LogP contribution is 2.28. The molecule has 14 heavy (non-hydrogen) atoms. The second-order valence-electron chi connectivity index (χ2n) is 2.89. The first-order valence-corrected chi connectivity index (χ1v) is 4.18. The van der Waals surface area contributed by atoms with Gasteiger partial charge in [0, 0.05) is 17.7 Å². The molecule has 1 atom stereocenters. The molecule has 0 spiro atoms. The third-order valence-electron chi connectivity index (χ3n) is 1.93. The molecule has 0 heterocycles. The third kappa shape index (κ3) is 2.15. The lowest BCUT2D eigenvalue weighted by atomic mass is 10.0. The standard InChI is InChI=1S/C10H12N2O2/c1-14-10-6-7(13)2-3-8(10)9(12)4-5-11/h2-3,6,9,13H,4,12H2,1H3. The van der Waals surface area contributed by atoms with Crippen molar-refractivity contribution in [3.63, 3.8) is 0 Å². The zero-order chi connectivity index (χ0) is 10.6. The predicted octanol–water partition coefficient (Wildman–Crippen LogP) is 1.31. The van der Waals surface area contributed by atoms with Crippen LogP contribution >= 0.6 is 0 Å². The lowest BCUT2D eigenvalue weighted by molar-refractivity contribution is 0.399. The van der Waals surface area contributed by atoms with Crippen LogP contribution in [0.25, 0.3) is 0 Å². The van der Waals surface area contributed by atoms with E-state index in [1.807, 2.05) is 6.07 Å².